The number of nitrogens with zero attached hydrogens (tertiary/aromatic N) is 3. The molecule has 2 atom stereocenters. The van der Waals surface area contributed by atoms with E-state index < -0.39 is 17.9 Å². The van der Waals surface area contributed by atoms with E-state index in [1.807, 2.05) is 32.0 Å². The van der Waals surface area contributed by atoms with Gasteiger partial charge in [-0.3, -0.25) is 9.59 Å². The van der Waals surface area contributed by atoms with Crippen LogP contribution in [0.1, 0.15) is 52.5 Å². The summed E-state index contributed by atoms with van der Waals surface area (Å²) < 4.78 is 37.4. The van der Waals surface area contributed by atoms with Crippen LogP contribution >= 0.6 is 0 Å². The fraction of sp³-hybridized carbons (Fsp3) is 0.324. The summed E-state index contributed by atoms with van der Waals surface area (Å²) in [6, 6.07) is 15.6. The summed E-state index contributed by atoms with van der Waals surface area (Å²) in [5, 5.41) is 1.83. The van der Waals surface area contributed by atoms with Crippen LogP contribution in [0.2, 0.25) is 0 Å². The minimum absolute atomic E-state index is 0.113. The Bertz CT molecular complexity index is 1910. The van der Waals surface area contributed by atoms with E-state index in [1.165, 1.54) is 12.1 Å². The third-order valence-corrected chi connectivity index (χ3v) is 8.73. The molecule has 7 nitrogen and oxygen atoms in total. The number of primary amides is 1. The zero-order valence-electron chi connectivity index (χ0n) is 24.1. The summed E-state index contributed by atoms with van der Waals surface area (Å²) in [5.74, 6) is -0.338. The minimum atomic E-state index is -1.01. The number of aromatic nitrogens is 2. The van der Waals surface area contributed by atoms with Crippen LogP contribution in [0.15, 0.2) is 59.0 Å². The van der Waals surface area contributed by atoms with E-state index in [9.17, 15) is 18.4 Å². The van der Waals surface area contributed by atoms with Crippen molar-refractivity contribution >= 4 is 33.8 Å². The van der Waals surface area contributed by atoms with E-state index in [2.05, 4.69) is 10.6 Å². The molecule has 1 aliphatic heterocycles. The first kappa shape index (κ1) is 27.3. The number of benzene rings is 2. The number of alkyl halides is 1. The van der Waals surface area contributed by atoms with Crippen LogP contribution in [0.25, 0.3) is 44.7 Å². The number of pyridine rings is 1. The molecule has 5 aromatic rings. The largest absolute Gasteiger partial charge is 0.454 e. The molecule has 1 saturated heterocycles. The van der Waals surface area contributed by atoms with Crippen molar-refractivity contribution in [3.05, 3.63) is 77.1 Å². The van der Waals surface area contributed by atoms with Gasteiger partial charge in [0.05, 0.1) is 23.5 Å². The first-order valence-electron chi connectivity index (χ1n) is 14.7. The zero-order chi connectivity index (χ0) is 30.0. The van der Waals surface area contributed by atoms with Gasteiger partial charge in [-0.15, -0.1) is 0 Å². The first-order valence-corrected chi connectivity index (χ1v) is 14.7. The highest BCUT2D eigenvalue weighted by Crippen LogP contribution is 2.40. The van der Waals surface area contributed by atoms with Crippen LogP contribution in [0.5, 0.6) is 0 Å². The fourth-order valence-corrected chi connectivity index (χ4v) is 6.32. The molecule has 43 heavy (non-hydrogen) atoms. The normalized spacial score (nSPS) is 18.9. The van der Waals surface area contributed by atoms with E-state index >= 15 is 0 Å². The number of fused-ring (bicyclic) bond motifs is 2. The molecule has 7 rings (SSSR count). The highest BCUT2D eigenvalue weighted by molar-refractivity contribution is 5.99. The maximum atomic E-state index is 14.6. The number of aryl methyl sites for hydroxylation is 1. The van der Waals surface area contributed by atoms with Crippen molar-refractivity contribution in [1.82, 2.24) is 14.5 Å². The summed E-state index contributed by atoms with van der Waals surface area (Å²) in [6.45, 7) is 5.39. The summed E-state index contributed by atoms with van der Waals surface area (Å²) in [4.78, 5) is 31.3. The molecule has 0 radical (unpaired) electrons. The average Bonchev–Trinajstić information content (AvgIpc) is 3.65. The Labute approximate surface area is 247 Å². The molecule has 2 fully saturated rings. The number of halogens is 2. The first-order chi connectivity index (χ1) is 20.7. The van der Waals surface area contributed by atoms with Crippen molar-refractivity contribution in [3.63, 3.8) is 0 Å². The monoisotopic (exact) mass is 582 g/mol. The fourth-order valence-electron chi connectivity index (χ4n) is 6.32. The molecule has 4 heterocycles. The molecule has 0 spiro atoms. The molecule has 2 amide bonds. The van der Waals surface area contributed by atoms with Crippen LogP contribution in [0, 0.1) is 24.6 Å². The maximum absolute atomic E-state index is 14.6. The Morgan fingerprint density at radius 2 is 1.88 bits per heavy atom. The zero-order valence-corrected chi connectivity index (χ0v) is 24.1. The van der Waals surface area contributed by atoms with Crippen LogP contribution < -0.4 is 5.73 Å². The van der Waals surface area contributed by atoms with Gasteiger partial charge in [0.2, 0.25) is 0 Å². The van der Waals surface area contributed by atoms with Gasteiger partial charge in [-0.2, -0.15) is 0 Å². The molecule has 2 aromatic carbocycles. The van der Waals surface area contributed by atoms with Gasteiger partial charge in [-0.05, 0) is 80.5 Å². The SMILES string of the molecule is Cc1c(-c2cc3ccc(-c4ccc(C(N)=O)c(F)c4)nc3n2CC2CC2)oc2cc(C(=O)N3C[C@H](C)C[C@@H](F)C3)ccc12. The van der Waals surface area contributed by atoms with Crippen molar-refractivity contribution in [1.29, 1.82) is 0 Å². The number of likely N-dealkylation sites (tertiary alicyclic amines) is 1. The van der Waals surface area contributed by atoms with Crippen LogP contribution in [0.3, 0.4) is 0 Å². The van der Waals surface area contributed by atoms with Crippen molar-refractivity contribution in [2.45, 2.75) is 45.8 Å². The smallest absolute Gasteiger partial charge is 0.254 e. The number of nitrogens with two attached hydrogens (primary N) is 1. The molecule has 220 valence electrons. The second-order valence-corrected chi connectivity index (χ2v) is 12.2. The predicted molar refractivity (Wildman–Crippen MR) is 161 cm³/mol. The average molecular weight is 583 g/mol. The quantitative estimate of drug-likeness (QED) is 0.236. The standard InChI is InChI=1S/C34H32F2N4O3/c1-18-11-24(35)17-39(15-18)34(42)23-6-8-25-19(2)31(43-30(25)14-23)29-13-22-7-10-28(38-33(22)40(29)16-20-3-4-20)21-5-9-26(32(37)41)27(36)12-21/h5-10,12-14,18,20,24H,3-4,11,15-17H2,1-2H3,(H2,37,41)/t18-,24-/m1/s1. The molecular formula is C34H32F2N4O3. The molecule has 9 heteroatoms. The summed E-state index contributed by atoms with van der Waals surface area (Å²) >= 11 is 0. The van der Waals surface area contributed by atoms with Gasteiger partial charge in [0.15, 0.2) is 5.76 Å². The van der Waals surface area contributed by atoms with Crippen LogP contribution in [-0.2, 0) is 6.54 Å². The summed E-state index contributed by atoms with van der Waals surface area (Å²) in [6.07, 6.45) is 1.74. The van der Waals surface area contributed by atoms with Gasteiger partial charge in [0, 0.05) is 40.6 Å². The number of piperidine rings is 1. The van der Waals surface area contributed by atoms with Gasteiger partial charge < -0.3 is 19.6 Å². The lowest BCUT2D eigenvalue weighted by atomic mass is 9.98. The van der Waals surface area contributed by atoms with Crippen molar-refractivity contribution in [2.75, 3.05) is 13.1 Å². The Kier molecular flexibility index (Phi) is 6.56. The second-order valence-electron chi connectivity index (χ2n) is 12.2. The third-order valence-electron chi connectivity index (χ3n) is 8.73. The van der Waals surface area contributed by atoms with Gasteiger partial charge in [0.1, 0.15) is 23.2 Å². The number of hydrogen-bond donors (Lipinski definition) is 1. The van der Waals surface area contributed by atoms with E-state index in [0.29, 0.717) is 47.0 Å². The Hall–Kier alpha value is -4.53. The molecule has 2 N–H and O–H groups in total. The summed E-state index contributed by atoms with van der Waals surface area (Å²) in [5.41, 5.74) is 9.91. The van der Waals surface area contributed by atoms with Gasteiger partial charge in [-0.25, -0.2) is 13.8 Å². The van der Waals surface area contributed by atoms with Crippen LogP contribution in [0.4, 0.5) is 8.78 Å². The second kappa shape index (κ2) is 10.3. The molecule has 1 aliphatic carbocycles. The number of hydrogen-bond acceptors (Lipinski definition) is 4. The number of carbonyl (C=O) groups excluding carboxylic acids is 2. The van der Waals surface area contributed by atoms with Gasteiger partial charge in [0.25, 0.3) is 11.8 Å². The topological polar surface area (TPSA) is 94.4 Å². The Morgan fingerprint density at radius 1 is 1.07 bits per heavy atom. The lowest BCUT2D eigenvalue weighted by Crippen LogP contribution is -2.44. The van der Waals surface area contributed by atoms with Crippen molar-refractivity contribution in [2.24, 2.45) is 17.6 Å². The maximum Gasteiger partial charge on any atom is 0.254 e. The summed E-state index contributed by atoms with van der Waals surface area (Å²) in [7, 11) is 0. The molecule has 3 aromatic heterocycles. The highest BCUT2D eigenvalue weighted by atomic mass is 19.1. The lowest BCUT2D eigenvalue weighted by molar-refractivity contribution is 0.0555. The lowest BCUT2D eigenvalue weighted by Gasteiger charge is -2.33. The Morgan fingerprint density at radius 3 is 2.60 bits per heavy atom. The number of carbonyl (C=O) groups is 2. The van der Waals surface area contributed by atoms with Crippen molar-refractivity contribution < 1.29 is 22.8 Å². The number of amides is 2. The van der Waals surface area contributed by atoms with Crippen molar-refractivity contribution in [3.8, 4) is 22.7 Å². The highest BCUT2D eigenvalue weighted by Gasteiger charge is 2.30. The van der Waals surface area contributed by atoms with Gasteiger partial charge >= 0.3 is 0 Å². The number of rotatable bonds is 6. The molecule has 2 aliphatic rings. The van der Waals surface area contributed by atoms with E-state index in [4.69, 9.17) is 15.1 Å². The predicted octanol–water partition coefficient (Wildman–Crippen LogP) is 6.89. The van der Waals surface area contributed by atoms with Crippen LogP contribution in [-0.4, -0.2) is 45.5 Å². The molecule has 1 saturated carbocycles. The van der Waals surface area contributed by atoms with Gasteiger partial charge in [-0.1, -0.05) is 19.1 Å². The number of furan rings is 1. The van der Waals surface area contributed by atoms with E-state index in [0.717, 1.165) is 47.1 Å². The molecule has 0 bridgehead atoms. The van der Waals surface area contributed by atoms with E-state index in [-0.39, 0.29) is 23.9 Å². The minimum Gasteiger partial charge on any atom is -0.454 e. The van der Waals surface area contributed by atoms with E-state index in [1.54, 1.807) is 23.1 Å². The molecule has 0 unspecified atom stereocenters. The third kappa shape index (κ3) is 4.96. The molecular weight excluding hydrogens is 550 g/mol. The Balaban J connectivity index is 1.29.